The topological polar surface area (TPSA) is 67.4 Å². The molecule has 2 N–H and O–H groups in total. The molecule has 5 nitrogen and oxygen atoms in total. The number of carbonyl (C=O) groups is 2. The number of halogens is 1. The minimum atomic E-state index is -0.370. The first kappa shape index (κ1) is 19.8. The van der Waals surface area contributed by atoms with Crippen molar-refractivity contribution in [2.75, 3.05) is 19.0 Å². The summed E-state index contributed by atoms with van der Waals surface area (Å²) in [7, 11) is 1.50. The third-order valence-electron chi connectivity index (χ3n) is 3.86. The molecule has 2 rings (SSSR count). The molecular formula is C20H23ClN2O3. The van der Waals surface area contributed by atoms with Crippen LogP contribution in [-0.2, 0) is 10.2 Å². The summed E-state index contributed by atoms with van der Waals surface area (Å²) >= 11 is 5.93. The van der Waals surface area contributed by atoms with Gasteiger partial charge in [0.2, 0.25) is 5.91 Å². The van der Waals surface area contributed by atoms with Gasteiger partial charge in [-0.3, -0.25) is 9.59 Å². The van der Waals surface area contributed by atoms with Gasteiger partial charge >= 0.3 is 0 Å². The number of hydrogen-bond donors (Lipinski definition) is 2. The molecule has 0 aromatic heterocycles. The predicted molar refractivity (Wildman–Crippen MR) is 104 cm³/mol. The molecule has 0 unspecified atom stereocenters. The number of methoxy groups -OCH3 is 1. The van der Waals surface area contributed by atoms with Crippen molar-refractivity contribution < 1.29 is 14.3 Å². The van der Waals surface area contributed by atoms with Crippen LogP contribution in [0.15, 0.2) is 42.5 Å². The first-order chi connectivity index (χ1) is 12.2. The van der Waals surface area contributed by atoms with Gasteiger partial charge in [0.25, 0.3) is 5.91 Å². The van der Waals surface area contributed by atoms with E-state index >= 15 is 0 Å². The van der Waals surface area contributed by atoms with Gasteiger partial charge in [-0.15, -0.1) is 0 Å². The molecule has 0 fully saturated rings. The van der Waals surface area contributed by atoms with Crippen LogP contribution in [0, 0.1) is 0 Å². The number of ether oxygens (including phenoxy) is 1. The van der Waals surface area contributed by atoms with E-state index in [9.17, 15) is 9.59 Å². The number of amides is 2. The van der Waals surface area contributed by atoms with Crippen LogP contribution in [0.4, 0.5) is 5.69 Å². The summed E-state index contributed by atoms with van der Waals surface area (Å²) in [6, 6.07) is 12.3. The quantitative estimate of drug-likeness (QED) is 0.830. The summed E-state index contributed by atoms with van der Waals surface area (Å²) in [5, 5.41) is 5.76. The molecule has 0 bridgehead atoms. The second-order valence-corrected chi connectivity index (χ2v) is 7.34. The summed E-state index contributed by atoms with van der Waals surface area (Å²) in [4.78, 5) is 24.3. The summed E-state index contributed by atoms with van der Waals surface area (Å²) < 4.78 is 5.17. The van der Waals surface area contributed by atoms with E-state index in [0.29, 0.717) is 22.0 Å². The van der Waals surface area contributed by atoms with E-state index < -0.39 is 0 Å². The lowest BCUT2D eigenvalue weighted by molar-refractivity contribution is -0.115. The van der Waals surface area contributed by atoms with Gasteiger partial charge in [-0.25, -0.2) is 0 Å². The normalized spacial score (nSPS) is 11.0. The Bertz CT molecular complexity index is 796. The van der Waals surface area contributed by atoms with E-state index in [1.165, 1.54) is 7.11 Å². The third-order valence-corrected chi connectivity index (χ3v) is 4.09. The molecule has 138 valence electrons. The number of nitrogens with one attached hydrogen (secondary N) is 2. The van der Waals surface area contributed by atoms with Crippen LogP contribution in [0.1, 0.15) is 36.7 Å². The van der Waals surface area contributed by atoms with Gasteiger partial charge in [-0.1, -0.05) is 44.5 Å². The Morgan fingerprint density at radius 1 is 1.08 bits per heavy atom. The first-order valence-electron chi connectivity index (χ1n) is 8.23. The number of carbonyl (C=O) groups excluding carboxylic acids is 2. The zero-order valence-corrected chi connectivity index (χ0v) is 16.1. The lowest BCUT2D eigenvalue weighted by atomic mass is 9.87. The highest BCUT2D eigenvalue weighted by molar-refractivity contribution is 6.31. The van der Waals surface area contributed by atoms with E-state index in [0.717, 1.165) is 5.56 Å². The van der Waals surface area contributed by atoms with Crippen LogP contribution < -0.4 is 15.4 Å². The summed E-state index contributed by atoms with van der Waals surface area (Å²) in [6.45, 7) is 6.17. The van der Waals surface area contributed by atoms with E-state index in [2.05, 4.69) is 31.4 Å². The van der Waals surface area contributed by atoms with Crippen LogP contribution in [0.3, 0.4) is 0 Å². The van der Waals surface area contributed by atoms with Gasteiger partial charge in [0.15, 0.2) is 0 Å². The Hall–Kier alpha value is -2.53. The van der Waals surface area contributed by atoms with Crippen LogP contribution in [0.25, 0.3) is 0 Å². The predicted octanol–water partition coefficient (Wildman–Crippen LogP) is 4.01. The molecule has 0 radical (unpaired) electrons. The maximum absolute atomic E-state index is 12.2. The summed E-state index contributed by atoms with van der Waals surface area (Å²) in [5.41, 5.74) is 2.12. The molecule has 0 saturated carbocycles. The Balaban J connectivity index is 1.95. The molecule has 26 heavy (non-hydrogen) atoms. The fourth-order valence-electron chi connectivity index (χ4n) is 2.36. The average molecular weight is 375 g/mol. The maximum Gasteiger partial charge on any atom is 0.251 e. The molecule has 0 spiro atoms. The molecule has 0 aliphatic carbocycles. The molecule has 0 aliphatic rings. The second kappa shape index (κ2) is 8.23. The lowest BCUT2D eigenvalue weighted by Gasteiger charge is -2.19. The van der Waals surface area contributed by atoms with Crippen LogP contribution >= 0.6 is 11.6 Å². The zero-order chi connectivity index (χ0) is 19.3. The van der Waals surface area contributed by atoms with Gasteiger partial charge in [0.1, 0.15) is 5.75 Å². The minimum absolute atomic E-state index is 0.0188. The van der Waals surface area contributed by atoms with E-state index in [1.807, 2.05) is 12.1 Å². The number of rotatable bonds is 5. The average Bonchev–Trinajstić information content (AvgIpc) is 2.59. The minimum Gasteiger partial charge on any atom is -0.495 e. The van der Waals surface area contributed by atoms with Crippen molar-refractivity contribution >= 4 is 29.1 Å². The summed E-state index contributed by atoms with van der Waals surface area (Å²) in [6.07, 6.45) is 0. The maximum atomic E-state index is 12.2. The highest BCUT2D eigenvalue weighted by Gasteiger charge is 2.15. The zero-order valence-electron chi connectivity index (χ0n) is 15.4. The second-order valence-electron chi connectivity index (χ2n) is 6.90. The van der Waals surface area contributed by atoms with Gasteiger partial charge in [0.05, 0.1) is 19.3 Å². The van der Waals surface area contributed by atoms with Crippen molar-refractivity contribution in [1.29, 1.82) is 0 Å². The largest absolute Gasteiger partial charge is 0.495 e. The third kappa shape index (κ3) is 5.23. The summed E-state index contributed by atoms with van der Waals surface area (Å²) in [5.74, 6) is -0.184. The molecular weight excluding hydrogens is 352 g/mol. The van der Waals surface area contributed by atoms with Crippen molar-refractivity contribution in [3.05, 3.63) is 58.6 Å². The molecule has 2 aromatic rings. The Labute approximate surface area is 158 Å². The highest BCUT2D eigenvalue weighted by Crippen LogP contribution is 2.27. The van der Waals surface area contributed by atoms with Crippen LogP contribution in [0.2, 0.25) is 5.02 Å². The monoisotopic (exact) mass is 374 g/mol. The van der Waals surface area contributed by atoms with Crippen molar-refractivity contribution in [2.24, 2.45) is 0 Å². The molecule has 0 aliphatic heterocycles. The number of hydrogen-bond acceptors (Lipinski definition) is 3. The van der Waals surface area contributed by atoms with Crippen molar-refractivity contribution in [3.63, 3.8) is 0 Å². The Kier molecular flexibility index (Phi) is 6.27. The van der Waals surface area contributed by atoms with Crippen LogP contribution in [-0.4, -0.2) is 25.5 Å². The van der Waals surface area contributed by atoms with Gasteiger partial charge in [0, 0.05) is 10.6 Å². The number of benzene rings is 2. The Morgan fingerprint density at radius 3 is 2.31 bits per heavy atom. The van der Waals surface area contributed by atoms with E-state index in [1.54, 1.807) is 30.3 Å². The fraction of sp³-hybridized carbons (Fsp3) is 0.300. The van der Waals surface area contributed by atoms with Gasteiger partial charge < -0.3 is 15.4 Å². The van der Waals surface area contributed by atoms with Crippen molar-refractivity contribution in [1.82, 2.24) is 5.32 Å². The molecule has 0 saturated heterocycles. The lowest BCUT2D eigenvalue weighted by Crippen LogP contribution is -2.33. The molecule has 2 amide bonds. The van der Waals surface area contributed by atoms with E-state index in [4.69, 9.17) is 16.3 Å². The smallest absolute Gasteiger partial charge is 0.251 e. The SMILES string of the molecule is COc1ccc(Cl)cc1NC(=O)CNC(=O)c1ccc(C(C)(C)C)cc1. The molecule has 6 heteroatoms. The Morgan fingerprint density at radius 2 is 1.73 bits per heavy atom. The van der Waals surface area contributed by atoms with Gasteiger partial charge in [-0.2, -0.15) is 0 Å². The van der Waals surface area contributed by atoms with Gasteiger partial charge in [-0.05, 0) is 41.3 Å². The highest BCUT2D eigenvalue weighted by atomic mass is 35.5. The fourth-order valence-corrected chi connectivity index (χ4v) is 2.53. The van der Waals surface area contributed by atoms with Crippen molar-refractivity contribution in [3.8, 4) is 5.75 Å². The number of anilines is 1. The van der Waals surface area contributed by atoms with E-state index in [-0.39, 0.29) is 23.8 Å². The molecule has 2 aromatic carbocycles. The standard InChI is InChI=1S/C20H23ClN2O3/c1-20(2,3)14-7-5-13(6-8-14)19(25)22-12-18(24)23-16-11-15(21)9-10-17(16)26-4/h5-11H,12H2,1-4H3,(H,22,25)(H,23,24). The molecule has 0 heterocycles. The van der Waals surface area contributed by atoms with Crippen LogP contribution in [0.5, 0.6) is 5.75 Å². The van der Waals surface area contributed by atoms with Crippen molar-refractivity contribution in [2.45, 2.75) is 26.2 Å². The first-order valence-corrected chi connectivity index (χ1v) is 8.60. The molecule has 0 atom stereocenters.